The summed E-state index contributed by atoms with van der Waals surface area (Å²) in [5.41, 5.74) is 2.07. The number of aromatic nitrogens is 1. The van der Waals surface area contributed by atoms with Crippen LogP contribution in [0.15, 0.2) is 48.5 Å². The van der Waals surface area contributed by atoms with E-state index >= 15 is 0 Å². The maximum absolute atomic E-state index is 12.7. The molecule has 0 aliphatic heterocycles. The number of nitrogens with one attached hydrogen (secondary N) is 3. The molecule has 1 unspecified atom stereocenters. The number of fused-ring (bicyclic) bond motifs is 1. The second kappa shape index (κ2) is 9.36. The summed E-state index contributed by atoms with van der Waals surface area (Å²) in [6.45, 7) is 0.977. The van der Waals surface area contributed by atoms with Crippen LogP contribution in [-0.2, 0) is 11.3 Å². The zero-order valence-corrected chi connectivity index (χ0v) is 17.9. The third-order valence-electron chi connectivity index (χ3n) is 5.39. The standard InChI is InChI=1S/C23H26N4O2S/c1-27(15-22-26-19-12-6-7-13-20(19)30-22)14-21(28)25-18-11-5-4-10-17(18)23(29)24-16-8-2-3-9-16/h4-7,10-13,16H,2-3,8-9,14-15H2,1H3,(H,24,29)(H,25,28)/p+1. The Morgan fingerprint density at radius 1 is 1.10 bits per heavy atom. The Morgan fingerprint density at radius 2 is 1.83 bits per heavy atom. The third-order valence-corrected chi connectivity index (χ3v) is 6.43. The van der Waals surface area contributed by atoms with E-state index in [2.05, 4.69) is 21.7 Å². The second-order valence-electron chi connectivity index (χ2n) is 7.93. The van der Waals surface area contributed by atoms with Crippen molar-refractivity contribution in [1.82, 2.24) is 10.3 Å². The highest BCUT2D eigenvalue weighted by molar-refractivity contribution is 7.18. The number of carbonyl (C=O) groups is 2. The van der Waals surface area contributed by atoms with E-state index in [9.17, 15) is 9.59 Å². The first kappa shape index (κ1) is 20.5. The van der Waals surface area contributed by atoms with Crippen LogP contribution in [0.2, 0.25) is 0 Å². The highest BCUT2D eigenvalue weighted by atomic mass is 32.1. The Bertz CT molecular complexity index is 1010. The van der Waals surface area contributed by atoms with Crippen molar-refractivity contribution < 1.29 is 14.5 Å². The lowest BCUT2D eigenvalue weighted by atomic mass is 10.1. The van der Waals surface area contributed by atoms with Gasteiger partial charge >= 0.3 is 0 Å². The summed E-state index contributed by atoms with van der Waals surface area (Å²) in [6.07, 6.45) is 4.38. The molecule has 1 aromatic heterocycles. The number of anilines is 1. The number of para-hydroxylation sites is 2. The molecule has 30 heavy (non-hydrogen) atoms. The van der Waals surface area contributed by atoms with E-state index in [-0.39, 0.29) is 17.9 Å². The predicted octanol–water partition coefficient (Wildman–Crippen LogP) is 2.62. The summed E-state index contributed by atoms with van der Waals surface area (Å²) < 4.78 is 1.16. The summed E-state index contributed by atoms with van der Waals surface area (Å²) >= 11 is 1.66. The molecule has 3 aromatic rings. The van der Waals surface area contributed by atoms with E-state index in [1.165, 1.54) is 0 Å². The minimum absolute atomic E-state index is 0.116. The minimum Gasteiger partial charge on any atom is -0.349 e. The largest absolute Gasteiger partial charge is 0.349 e. The highest BCUT2D eigenvalue weighted by Gasteiger charge is 2.21. The van der Waals surface area contributed by atoms with Gasteiger partial charge in [-0.1, -0.05) is 37.1 Å². The van der Waals surface area contributed by atoms with Crippen molar-refractivity contribution in [2.24, 2.45) is 0 Å². The van der Waals surface area contributed by atoms with Crippen molar-refractivity contribution in [2.45, 2.75) is 38.3 Å². The summed E-state index contributed by atoms with van der Waals surface area (Å²) in [7, 11) is 1.98. The number of carbonyl (C=O) groups excluding carboxylic acids is 2. The Labute approximate surface area is 180 Å². The van der Waals surface area contributed by atoms with E-state index < -0.39 is 0 Å². The molecule has 3 N–H and O–H groups in total. The van der Waals surface area contributed by atoms with E-state index in [1.54, 1.807) is 23.5 Å². The van der Waals surface area contributed by atoms with Crippen LogP contribution in [0.4, 0.5) is 5.69 Å². The number of likely N-dealkylation sites (N-methyl/N-ethyl adjacent to an activating group) is 1. The highest BCUT2D eigenvalue weighted by Crippen LogP contribution is 2.21. The smallest absolute Gasteiger partial charge is 0.279 e. The molecule has 1 aliphatic carbocycles. The first-order chi connectivity index (χ1) is 14.6. The number of rotatable bonds is 7. The normalized spacial score (nSPS) is 15.2. The van der Waals surface area contributed by atoms with Crippen LogP contribution in [0, 0.1) is 0 Å². The molecule has 1 fully saturated rings. The van der Waals surface area contributed by atoms with Crippen LogP contribution < -0.4 is 15.5 Å². The molecule has 2 amide bonds. The van der Waals surface area contributed by atoms with Gasteiger partial charge in [0.25, 0.3) is 11.8 Å². The first-order valence-electron chi connectivity index (χ1n) is 10.4. The number of quaternary nitrogens is 1. The Kier molecular flexibility index (Phi) is 6.40. The lowest BCUT2D eigenvalue weighted by Gasteiger charge is -2.16. The van der Waals surface area contributed by atoms with Crippen molar-refractivity contribution in [3.8, 4) is 0 Å². The van der Waals surface area contributed by atoms with E-state index in [1.807, 2.05) is 37.4 Å². The van der Waals surface area contributed by atoms with Gasteiger partial charge in [0.1, 0.15) is 11.6 Å². The zero-order valence-electron chi connectivity index (χ0n) is 17.1. The average Bonchev–Trinajstić information content (AvgIpc) is 3.37. The SMILES string of the molecule is C[NH+](CC(=O)Nc1ccccc1C(=O)NC1CCCC1)Cc1nc2ccccc2s1. The van der Waals surface area contributed by atoms with Gasteiger partial charge in [0.2, 0.25) is 0 Å². The van der Waals surface area contributed by atoms with Crippen LogP contribution in [0.3, 0.4) is 0 Å². The second-order valence-corrected chi connectivity index (χ2v) is 9.05. The van der Waals surface area contributed by atoms with E-state index in [0.29, 0.717) is 24.3 Å². The molecule has 0 bridgehead atoms. The topological polar surface area (TPSA) is 75.5 Å². The average molecular weight is 424 g/mol. The molecule has 0 saturated heterocycles. The summed E-state index contributed by atoms with van der Waals surface area (Å²) in [4.78, 5) is 31.0. The number of thiazole rings is 1. The van der Waals surface area contributed by atoms with Crippen molar-refractivity contribution in [3.05, 3.63) is 59.1 Å². The molecule has 0 spiro atoms. The zero-order chi connectivity index (χ0) is 20.9. The molecule has 1 heterocycles. The van der Waals surface area contributed by atoms with Crippen molar-refractivity contribution in [2.75, 3.05) is 18.9 Å². The first-order valence-corrected chi connectivity index (χ1v) is 11.3. The summed E-state index contributed by atoms with van der Waals surface area (Å²) in [5.74, 6) is -0.234. The fraction of sp³-hybridized carbons (Fsp3) is 0.348. The Balaban J connectivity index is 1.35. The van der Waals surface area contributed by atoms with Gasteiger partial charge in [0, 0.05) is 6.04 Å². The molecule has 1 atom stereocenters. The van der Waals surface area contributed by atoms with Gasteiger partial charge in [0.05, 0.1) is 28.5 Å². The van der Waals surface area contributed by atoms with Crippen molar-refractivity contribution in [1.29, 1.82) is 0 Å². The van der Waals surface area contributed by atoms with Crippen LogP contribution in [0.1, 0.15) is 41.0 Å². The maximum atomic E-state index is 12.7. The molecule has 4 rings (SSSR count). The Morgan fingerprint density at radius 3 is 2.63 bits per heavy atom. The minimum atomic E-state index is -0.118. The lowest BCUT2D eigenvalue weighted by molar-refractivity contribution is -0.885. The third kappa shape index (κ3) is 5.04. The van der Waals surface area contributed by atoms with Gasteiger partial charge in [-0.25, -0.2) is 4.98 Å². The van der Waals surface area contributed by atoms with Crippen molar-refractivity contribution in [3.63, 3.8) is 0 Å². The van der Waals surface area contributed by atoms with Crippen LogP contribution in [-0.4, -0.2) is 36.4 Å². The van der Waals surface area contributed by atoms with Gasteiger partial charge in [0.15, 0.2) is 6.54 Å². The maximum Gasteiger partial charge on any atom is 0.279 e. The summed E-state index contributed by atoms with van der Waals surface area (Å²) in [5, 5.41) is 7.03. The molecular formula is C23H27N4O2S+. The molecule has 7 heteroatoms. The van der Waals surface area contributed by atoms with Gasteiger partial charge in [-0.2, -0.15) is 0 Å². The molecule has 1 aliphatic rings. The predicted molar refractivity (Wildman–Crippen MR) is 120 cm³/mol. The van der Waals surface area contributed by atoms with E-state index in [4.69, 9.17) is 0 Å². The molecule has 156 valence electrons. The van der Waals surface area contributed by atoms with Gasteiger partial charge in [-0.3, -0.25) is 9.59 Å². The molecule has 0 radical (unpaired) electrons. The van der Waals surface area contributed by atoms with Crippen LogP contribution >= 0.6 is 11.3 Å². The van der Waals surface area contributed by atoms with Gasteiger partial charge < -0.3 is 15.5 Å². The quantitative estimate of drug-likeness (QED) is 0.547. The fourth-order valence-corrected chi connectivity index (χ4v) is 4.99. The molecule has 6 nitrogen and oxygen atoms in total. The number of benzene rings is 2. The number of nitrogens with zero attached hydrogens (tertiary/aromatic N) is 1. The summed E-state index contributed by atoms with van der Waals surface area (Å²) in [6, 6.07) is 15.5. The number of hydrogen-bond donors (Lipinski definition) is 3. The van der Waals surface area contributed by atoms with Crippen LogP contribution in [0.25, 0.3) is 10.2 Å². The van der Waals surface area contributed by atoms with Crippen LogP contribution in [0.5, 0.6) is 0 Å². The lowest BCUT2D eigenvalue weighted by Crippen LogP contribution is -3.08. The number of hydrogen-bond acceptors (Lipinski definition) is 4. The van der Waals surface area contributed by atoms with Gasteiger partial charge in [-0.05, 0) is 37.1 Å². The number of amides is 2. The monoisotopic (exact) mass is 423 g/mol. The molecule has 2 aromatic carbocycles. The fourth-order valence-electron chi connectivity index (χ4n) is 3.91. The van der Waals surface area contributed by atoms with Gasteiger partial charge in [-0.15, -0.1) is 11.3 Å². The molecular weight excluding hydrogens is 396 g/mol. The van der Waals surface area contributed by atoms with E-state index in [0.717, 1.165) is 45.8 Å². The molecule has 1 saturated carbocycles. The Hall–Kier alpha value is -2.77. The van der Waals surface area contributed by atoms with Crippen molar-refractivity contribution >= 4 is 39.1 Å².